The molecule has 5 aromatic rings. The van der Waals surface area contributed by atoms with Crippen molar-refractivity contribution >= 4 is 45.1 Å². The maximum atomic E-state index is 14.0. The average Bonchev–Trinajstić information content (AvgIpc) is 3.62. The summed E-state index contributed by atoms with van der Waals surface area (Å²) in [5.41, 5.74) is 3.75. The number of benzene rings is 2. The Morgan fingerprint density at radius 2 is 1.70 bits per heavy atom. The second kappa shape index (κ2) is 10.6. The van der Waals surface area contributed by atoms with Gasteiger partial charge >= 0.3 is 0 Å². The lowest BCUT2D eigenvalue weighted by atomic mass is 10.0. The van der Waals surface area contributed by atoms with Gasteiger partial charge in [0.1, 0.15) is 17.2 Å². The Hall–Kier alpha value is -3.91. The lowest BCUT2D eigenvalue weighted by Gasteiger charge is -2.29. The molecule has 0 aliphatic rings. The van der Waals surface area contributed by atoms with E-state index in [1.54, 1.807) is 47.0 Å². The number of hydrogen-bond acceptors (Lipinski definition) is 6. The lowest BCUT2D eigenvalue weighted by molar-refractivity contribution is -0.134. The van der Waals surface area contributed by atoms with E-state index in [0.29, 0.717) is 30.7 Å². The molecule has 0 fully saturated rings. The first-order valence-corrected chi connectivity index (χ1v) is 13.2. The Morgan fingerprint density at radius 1 is 1.00 bits per heavy atom. The van der Waals surface area contributed by atoms with Crippen LogP contribution >= 0.6 is 11.3 Å². The minimum Gasteiger partial charge on any atom is -0.464 e. The fraction of sp³-hybridized carbons (Fsp3) is 0.276. The van der Waals surface area contributed by atoms with Crippen LogP contribution in [0.25, 0.3) is 21.9 Å². The highest BCUT2D eigenvalue weighted by molar-refractivity contribution is 7.09. The Morgan fingerprint density at radius 3 is 2.38 bits per heavy atom. The molecule has 3 aromatic heterocycles. The number of furan rings is 2. The van der Waals surface area contributed by atoms with Gasteiger partial charge in [0, 0.05) is 34.7 Å². The average molecular weight is 516 g/mol. The highest BCUT2D eigenvalue weighted by Crippen LogP contribution is 2.21. The number of amides is 2. The second-order valence-electron chi connectivity index (χ2n) is 9.67. The van der Waals surface area contributed by atoms with Crippen molar-refractivity contribution < 1.29 is 18.4 Å². The normalized spacial score (nSPS) is 12.3. The quantitative estimate of drug-likeness (QED) is 0.261. The van der Waals surface area contributed by atoms with Crippen LogP contribution in [-0.2, 0) is 17.8 Å². The molecule has 1 N–H and O–H groups in total. The molecule has 7 nitrogen and oxygen atoms in total. The van der Waals surface area contributed by atoms with Crippen LogP contribution in [0.2, 0.25) is 0 Å². The van der Waals surface area contributed by atoms with E-state index in [9.17, 15) is 9.59 Å². The van der Waals surface area contributed by atoms with Gasteiger partial charge in [-0.25, -0.2) is 4.98 Å². The van der Waals surface area contributed by atoms with Crippen LogP contribution in [0.4, 0.5) is 0 Å². The van der Waals surface area contributed by atoms with Crippen molar-refractivity contribution in [1.29, 1.82) is 0 Å². The van der Waals surface area contributed by atoms with Gasteiger partial charge in [0.15, 0.2) is 0 Å². The lowest BCUT2D eigenvalue weighted by Crippen LogP contribution is -2.50. The zero-order valence-electron chi connectivity index (χ0n) is 21.1. The van der Waals surface area contributed by atoms with Crippen molar-refractivity contribution in [3.63, 3.8) is 0 Å². The first-order valence-electron chi connectivity index (χ1n) is 12.3. The molecule has 190 valence electrons. The minimum atomic E-state index is -0.754. The van der Waals surface area contributed by atoms with Crippen LogP contribution in [0, 0.1) is 12.8 Å². The molecular weight excluding hydrogens is 486 g/mol. The molecule has 1 atom stereocenters. The number of fused-ring (bicyclic) bond motifs is 2. The molecule has 5 rings (SSSR count). The molecule has 0 spiro atoms. The summed E-state index contributed by atoms with van der Waals surface area (Å²) in [5, 5.41) is 7.75. The van der Waals surface area contributed by atoms with E-state index in [1.165, 1.54) is 0 Å². The van der Waals surface area contributed by atoms with E-state index < -0.39 is 6.04 Å². The third-order valence-corrected chi connectivity index (χ3v) is 7.01. The number of carbonyl (C=O) groups excluding carboxylic acids is 2. The summed E-state index contributed by atoms with van der Waals surface area (Å²) in [5.74, 6) is -0.185. The van der Waals surface area contributed by atoms with Crippen molar-refractivity contribution in [2.75, 3.05) is 6.54 Å². The highest BCUT2D eigenvalue weighted by atomic mass is 32.1. The van der Waals surface area contributed by atoms with Crippen LogP contribution in [0.15, 0.2) is 75.3 Å². The zero-order valence-corrected chi connectivity index (χ0v) is 21.9. The van der Waals surface area contributed by atoms with Crippen molar-refractivity contribution in [2.24, 2.45) is 5.92 Å². The largest absolute Gasteiger partial charge is 0.464 e. The molecule has 2 aromatic carbocycles. The molecule has 0 radical (unpaired) electrons. The first-order chi connectivity index (χ1) is 17.9. The van der Waals surface area contributed by atoms with Gasteiger partial charge in [-0.15, -0.1) is 11.3 Å². The van der Waals surface area contributed by atoms with Gasteiger partial charge in [-0.3, -0.25) is 9.59 Å². The van der Waals surface area contributed by atoms with Crippen molar-refractivity contribution in [3.8, 4) is 0 Å². The summed E-state index contributed by atoms with van der Waals surface area (Å²) in [4.78, 5) is 33.7. The van der Waals surface area contributed by atoms with Gasteiger partial charge in [0.2, 0.25) is 5.91 Å². The Bertz CT molecular complexity index is 1550. The SMILES string of the molecule is Cc1nc(CN(CC(C)C)C(=O)[C@@H](Cc2ccc3occc3c2)NC(=O)c2ccc3occc3c2)cs1. The van der Waals surface area contributed by atoms with Gasteiger partial charge < -0.3 is 19.1 Å². The molecule has 0 aliphatic heterocycles. The fourth-order valence-electron chi connectivity index (χ4n) is 4.50. The predicted octanol–water partition coefficient (Wildman–Crippen LogP) is 5.97. The van der Waals surface area contributed by atoms with Gasteiger partial charge in [-0.2, -0.15) is 0 Å². The molecule has 3 heterocycles. The molecule has 8 heteroatoms. The van der Waals surface area contributed by atoms with E-state index in [-0.39, 0.29) is 17.7 Å². The third kappa shape index (κ3) is 5.75. The molecule has 37 heavy (non-hydrogen) atoms. The fourth-order valence-corrected chi connectivity index (χ4v) is 5.10. The Labute approximate surface area is 219 Å². The van der Waals surface area contributed by atoms with Crippen molar-refractivity contribution in [2.45, 2.75) is 39.8 Å². The maximum absolute atomic E-state index is 14.0. The van der Waals surface area contributed by atoms with Gasteiger partial charge in [-0.1, -0.05) is 19.9 Å². The maximum Gasteiger partial charge on any atom is 0.251 e. The predicted molar refractivity (Wildman–Crippen MR) is 144 cm³/mol. The van der Waals surface area contributed by atoms with E-state index >= 15 is 0 Å². The van der Waals surface area contributed by atoms with Gasteiger partial charge in [-0.05, 0) is 60.9 Å². The second-order valence-corrected chi connectivity index (χ2v) is 10.7. The van der Waals surface area contributed by atoms with Crippen LogP contribution < -0.4 is 5.32 Å². The van der Waals surface area contributed by atoms with Gasteiger partial charge in [0.05, 0.1) is 29.8 Å². The first kappa shape index (κ1) is 24.8. The van der Waals surface area contributed by atoms with E-state index in [1.807, 2.05) is 42.6 Å². The summed E-state index contributed by atoms with van der Waals surface area (Å²) >= 11 is 1.56. The summed E-state index contributed by atoms with van der Waals surface area (Å²) in [6.07, 6.45) is 3.59. The molecule has 0 bridgehead atoms. The summed E-state index contributed by atoms with van der Waals surface area (Å²) in [6.45, 7) is 7.06. The number of aryl methyl sites for hydroxylation is 1. The van der Waals surface area contributed by atoms with Crippen LogP contribution in [0.5, 0.6) is 0 Å². The minimum absolute atomic E-state index is 0.135. The smallest absolute Gasteiger partial charge is 0.251 e. The van der Waals surface area contributed by atoms with Crippen molar-refractivity contribution in [1.82, 2.24) is 15.2 Å². The van der Waals surface area contributed by atoms with E-state index in [4.69, 9.17) is 8.83 Å². The number of carbonyl (C=O) groups is 2. The number of nitrogens with zero attached hydrogens (tertiary/aromatic N) is 2. The number of nitrogens with one attached hydrogen (secondary N) is 1. The molecule has 2 amide bonds. The standard InChI is InChI=1S/C29H29N3O4S/c1-18(2)15-32(16-24-17-37-19(3)30-24)29(34)25(13-20-4-6-26-21(12-20)8-10-35-26)31-28(33)23-5-7-27-22(14-23)9-11-36-27/h4-12,14,17-18,25H,13,15-16H2,1-3H3,(H,31,33)/t25-/m1/s1. The summed E-state index contributed by atoms with van der Waals surface area (Å²) < 4.78 is 10.9. The molecular formula is C29H29N3O4S. The summed E-state index contributed by atoms with van der Waals surface area (Å²) in [6, 6.07) is 14.0. The Kier molecular flexibility index (Phi) is 7.10. The number of hydrogen-bond donors (Lipinski definition) is 1. The molecule has 0 saturated heterocycles. The van der Waals surface area contributed by atoms with Crippen molar-refractivity contribution in [3.05, 3.63) is 88.3 Å². The monoisotopic (exact) mass is 515 g/mol. The molecule has 0 unspecified atom stereocenters. The van der Waals surface area contributed by atoms with Gasteiger partial charge in [0.25, 0.3) is 5.91 Å². The number of thiazole rings is 1. The highest BCUT2D eigenvalue weighted by Gasteiger charge is 2.28. The topological polar surface area (TPSA) is 88.6 Å². The number of aromatic nitrogens is 1. The summed E-state index contributed by atoms with van der Waals surface area (Å²) in [7, 11) is 0. The zero-order chi connectivity index (χ0) is 25.9. The Balaban J connectivity index is 1.44. The van der Waals surface area contributed by atoms with Crippen LogP contribution in [0.3, 0.4) is 0 Å². The molecule has 0 aliphatic carbocycles. The van der Waals surface area contributed by atoms with E-state index in [0.717, 1.165) is 32.6 Å². The van der Waals surface area contributed by atoms with Crippen LogP contribution in [-0.4, -0.2) is 34.3 Å². The van der Waals surface area contributed by atoms with E-state index in [2.05, 4.69) is 24.1 Å². The molecule has 0 saturated carbocycles. The number of rotatable bonds is 9. The third-order valence-electron chi connectivity index (χ3n) is 6.19. The van der Waals surface area contributed by atoms with Crippen LogP contribution in [0.1, 0.15) is 40.5 Å².